The molecule has 0 aliphatic rings. The van der Waals surface area contributed by atoms with E-state index in [9.17, 15) is 34.8 Å². The highest BCUT2D eigenvalue weighted by Gasteiger charge is 2.30. The predicted octanol–water partition coefficient (Wildman–Crippen LogP) is -2.27. The van der Waals surface area contributed by atoms with Crippen molar-refractivity contribution < 1.29 is 39.9 Å². The molecule has 10 heteroatoms. The molecule has 0 radical (unpaired) electrons. The quantitative estimate of drug-likeness (QED) is 0.154. The van der Waals surface area contributed by atoms with E-state index in [-0.39, 0.29) is 42.8 Å². The Labute approximate surface area is 171 Å². The molecule has 0 saturated carbocycles. The van der Waals surface area contributed by atoms with Crippen molar-refractivity contribution in [1.29, 1.82) is 0 Å². The Morgan fingerprint density at radius 1 is 0.966 bits per heavy atom. The molecular weight excluding hydrogens is 384 g/mol. The molecule has 0 fully saturated rings. The van der Waals surface area contributed by atoms with Crippen molar-refractivity contribution in [3.63, 3.8) is 0 Å². The summed E-state index contributed by atoms with van der Waals surface area (Å²) in [7, 11) is 1.68. The molecule has 10 nitrogen and oxygen atoms in total. The van der Waals surface area contributed by atoms with E-state index in [1.54, 1.807) is 7.05 Å². The van der Waals surface area contributed by atoms with E-state index in [0.29, 0.717) is 0 Å². The Morgan fingerprint density at radius 2 is 1.52 bits per heavy atom. The molecule has 0 saturated heterocycles. The van der Waals surface area contributed by atoms with Crippen molar-refractivity contribution in [2.24, 2.45) is 11.8 Å². The average Bonchev–Trinajstić information content (AvgIpc) is 2.67. The van der Waals surface area contributed by atoms with Crippen molar-refractivity contribution >= 4 is 17.5 Å². The number of hydrogen-bond acceptors (Lipinski definition) is 9. The van der Waals surface area contributed by atoms with E-state index in [2.05, 4.69) is 10.6 Å². The number of aliphatic hydroxyl groups excluding tert-OH is 5. The minimum atomic E-state index is -1.78. The van der Waals surface area contributed by atoms with Gasteiger partial charge in [0, 0.05) is 25.3 Å². The van der Waals surface area contributed by atoms with Gasteiger partial charge in [-0.1, -0.05) is 13.8 Å². The number of hydrogen-bond donors (Lipinski definition) is 7. The van der Waals surface area contributed by atoms with Gasteiger partial charge in [-0.2, -0.15) is 0 Å². The van der Waals surface area contributed by atoms with Crippen LogP contribution in [0.15, 0.2) is 0 Å². The first-order chi connectivity index (χ1) is 13.5. The fraction of sp³-hybridized carbons (Fsp3) is 0.842. The molecule has 29 heavy (non-hydrogen) atoms. The number of aliphatic hydroxyl groups is 5. The van der Waals surface area contributed by atoms with E-state index in [0.717, 1.165) is 0 Å². The van der Waals surface area contributed by atoms with Gasteiger partial charge < -0.3 is 36.2 Å². The van der Waals surface area contributed by atoms with Gasteiger partial charge in [0.2, 0.25) is 5.91 Å². The smallest absolute Gasteiger partial charge is 0.220 e. The minimum absolute atomic E-state index is 0.0267. The summed E-state index contributed by atoms with van der Waals surface area (Å²) >= 11 is 0. The highest BCUT2D eigenvalue weighted by Crippen LogP contribution is 2.17. The van der Waals surface area contributed by atoms with E-state index >= 15 is 0 Å². The number of nitrogens with one attached hydrogen (secondary N) is 2. The van der Waals surface area contributed by atoms with Crippen LogP contribution in [0.25, 0.3) is 0 Å². The zero-order chi connectivity index (χ0) is 22.7. The Bertz CT molecular complexity index is 528. The normalized spacial score (nSPS) is 17.9. The van der Waals surface area contributed by atoms with E-state index in [1.807, 2.05) is 13.8 Å². The Morgan fingerprint density at radius 3 is 1.97 bits per heavy atom. The highest BCUT2D eigenvalue weighted by atomic mass is 16.4. The summed E-state index contributed by atoms with van der Waals surface area (Å²) < 4.78 is 0. The topological polar surface area (TPSA) is 176 Å². The number of amides is 1. The Kier molecular flexibility index (Phi) is 13.1. The van der Waals surface area contributed by atoms with Gasteiger partial charge in [-0.3, -0.25) is 14.4 Å². The molecule has 1 amide bonds. The molecule has 0 aliphatic heterocycles. The highest BCUT2D eigenvalue weighted by molar-refractivity contribution is 5.90. The monoisotopic (exact) mass is 420 g/mol. The maximum absolute atomic E-state index is 12.4. The summed E-state index contributed by atoms with van der Waals surface area (Å²) in [6.07, 6.45) is -6.62. The first kappa shape index (κ1) is 27.6. The summed E-state index contributed by atoms with van der Waals surface area (Å²) in [6.45, 7) is 3.96. The van der Waals surface area contributed by atoms with Crippen molar-refractivity contribution in [2.45, 2.75) is 70.5 Å². The average molecular weight is 421 g/mol. The summed E-state index contributed by atoms with van der Waals surface area (Å²) in [5, 5.41) is 52.3. The maximum Gasteiger partial charge on any atom is 0.220 e. The Balaban J connectivity index is 4.57. The third-order valence-electron chi connectivity index (χ3n) is 4.90. The van der Waals surface area contributed by atoms with Crippen LogP contribution >= 0.6 is 0 Å². The second-order valence-corrected chi connectivity index (χ2v) is 7.63. The molecule has 0 aromatic carbocycles. The SMILES string of the molecule is CN[C@H](C(=O)C[C@@H](CCC(=O)NC[C@H](O)[C@@H](O)[C@H](O)[C@H](O)CO)C(C)=O)C(C)C. The molecule has 6 atom stereocenters. The van der Waals surface area contributed by atoms with Gasteiger partial charge in [0.1, 0.15) is 24.1 Å². The van der Waals surface area contributed by atoms with E-state index < -0.39 is 49.4 Å². The molecule has 0 heterocycles. The number of carbonyl (C=O) groups is 3. The van der Waals surface area contributed by atoms with Gasteiger partial charge >= 0.3 is 0 Å². The van der Waals surface area contributed by atoms with Crippen LogP contribution in [0.1, 0.15) is 40.0 Å². The van der Waals surface area contributed by atoms with Crippen molar-refractivity contribution in [3.05, 3.63) is 0 Å². The molecule has 170 valence electrons. The minimum Gasteiger partial charge on any atom is -0.394 e. The van der Waals surface area contributed by atoms with Crippen LogP contribution in [0.3, 0.4) is 0 Å². The number of carbonyl (C=O) groups excluding carboxylic acids is 3. The van der Waals surface area contributed by atoms with Crippen LogP contribution in [0.5, 0.6) is 0 Å². The largest absolute Gasteiger partial charge is 0.394 e. The van der Waals surface area contributed by atoms with Crippen molar-refractivity contribution in [2.75, 3.05) is 20.2 Å². The molecule has 7 N–H and O–H groups in total. The second-order valence-electron chi connectivity index (χ2n) is 7.63. The fourth-order valence-electron chi connectivity index (χ4n) is 2.98. The number of Topliss-reactive ketones (excluding diaryl/α,β-unsaturated/α-hetero) is 2. The second kappa shape index (κ2) is 13.7. The summed E-state index contributed by atoms with van der Waals surface area (Å²) in [5.41, 5.74) is 0. The summed E-state index contributed by atoms with van der Waals surface area (Å²) in [4.78, 5) is 36.2. The van der Waals surface area contributed by atoms with Gasteiger partial charge in [0.05, 0.1) is 18.8 Å². The van der Waals surface area contributed by atoms with Crippen molar-refractivity contribution in [1.82, 2.24) is 10.6 Å². The van der Waals surface area contributed by atoms with Gasteiger partial charge in [-0.15, -0.1) is 0 Å². The van der Waals surface area contributed by atoms with Gasteiger partial charge in [-0.05, 0) is 26.3 Å². The van der Waals surface area contributed by atoms with Crippen LogP contribution in [-0.2, 0) is 14.4 Å². The molecule has 0 spiro atoms. The fourth-order valence-corrected chi connectivity index (χ4v) is 2.98. The van der Waals surface area contributed by atoms with Crippen LogP contribution in [0, 0.1) is 11.8 Å². The van der Waals surface area contributed by atoms with E-state index in [4.69, 9.17) is 5.11 Å². The molecular formula is C19H36N2O8. The number of rotatable bonds is 15. The third-order valence-corrected chi connectivity index (χ3v) is 4.90. The predicted molar refractivity (Wildman–Crippen MR) is 105 cm³/mol. The van der Waals surface area contributed by atoms with Crippen molar-refractivity contribution in [3.8, 4) is 0 Å². The first-order valence-corrected chi connectivity index (χ1v) is 9.76. The van der Waals surface area contributed by atoms with Crippen LogP contribution in [0.2, 0.25) is 0 Å². The van der Waals surface area contributed by atoms with Gasteiger partial charge in [0.25, 0.3) is 0 Å². The summed E-state index contributed by atoms with van der Waals surface area (Å²) in [5.74, 6) is -1.32. The molecule has 0 aromatic rings. The number of ketones is 2. The molecule has 0 aromatic heterocycles. The summed E-state index contributed by atoms with van der Waals surface area (Å²) in [6, 6.07) is -0.372. The standard InChI is InChI=1S/C19H36N2O8/c1-10(2)17(20-4)13(24)7-12(11(3)23)5-6-16(27)21-8-14(25)18(28)19(29)15(26)9-22/h10,12,14-15,17-20,22,25-26,28-29H,5-9H2,1-4H3,(H,21,27)/t12-,14+,15-,17+,18-,19-/m1/s1. The van der Waals surface area contributed by atoms with Crippen LogP contribution in [0.4, 0.5) is 0 Å². The zero-order valence-corrected chi connectivity index (χ0v) is 17.5. The first-order valence-electron chi connectivity index (χ1n) is 9.76. The van der Waals surface area contributed by atoms with Crippen LogP contribution in [-0.4, -0.2) is 93.7 Å². The van der Waals surface area contributed by atoms with Gasteiger partial charge in [0.15, 0.2) is 5.78 Å². The molecule has 0 aliphatic carbocycles. The lowest BCUT2D eigenvalue weighted by atomic mass is 9.88. The van der Waals surface area contributed by atoms with Gasteiger partial charge in [-0.25, -0.2) is 0 Å². The lowest BCUT2D eigenvalue weighted by Gasteiger charge is -2.25. The Hall–Kier alpha value is -1.43. The lowest BCUT2D eigenvalue weighted by molar-refractivity contribution is -0.130. The molecule has 0 unspecified atom stereocenters. The zero-order valence-electron chi connectivity index (χ0n) is 17.5. The molecule has 0 bridgehead atoms. The third kappa shape index (κ3) is 9.75. The number of likely N-dealkylation sites (N-methyl/N-ethyl adjacent to an activating group) is 1. The maximum atomic E-state index is 12.4. The van der Waals surface area contributed by atoms with E-state index in [1.165, 1.54) is 6.92 Å². The molecule has 0 rings (SSSR count). The van der Waals surface area contributed by atoms with Crippen LogP contribution < -0.4 is 10.6 Å². The lowest BCUT2D eigenvalue weighted by Crippen LogP contribution is -2.49.